The van der Waals surface area contributed by atoms with Crippen LogP contribution in [0.25, 0.3) is 0 Å². The molecule has 8 heteroatoms. The molecule has 8 nitrogen and oxygen atoms in total. The van der Waals surface area contributed by atoms with E-state index in [-0.39, 0.29) is 18.0 Å². The van der Waals surface area contributed by atoms with Crippen molar-refractivity contribution >= 4 is 23.3 Å². The van der Waals surface area contributed by atoms with Gasteiger partial charge in [-0.3, -0.25) is 9.89 Å². The van der Waals surface area contributed by atoms with Gasteiger partial charge in [0.05, 0.1) is 0 Å². The van der Waals surface area contributed by atoms with E-state index in [0.29, 0.717) is 23.6 Å². The molecule has 2 heterocycles. The number of hydrogen-bond acceptors (Lipinski definition) is 4. The summed E-state index contributed by atoms with van der Waals surface area (Å²) in [7, 11) is 0. The molecule has 1 aliphatic heterocycles. The lowest BCUT2D eigenvalue weighted by molar-refractivity contribution is 0.102. The minimum absolute atomic E-state index is 0.0628. The van der Waals surface area contributed by atoms with Gasteiger partial charge in [-0.05, 0) is 38.1 Å². The Morgan fingerprint density at radius 2 is 1.80 bits per heavy atom. The SMILES string of the molecule is CC(C)NC(=O)Nc1ccc(NC(=O)c2n[nH]c3c2CNCC3)cc1. The molecule has 0 fully saturated rings. The van der Waals surface area contributed by atoms with Crippen LogP contribution in [0.5, 0.6) is 0 Å². The maximum atomic E-state index is 12.4. The number of fused-ring (bicyclic) bond motifs is 1. The van der Waals surface area contributed by atoms with Gasteiger partial charge in [0.15, 0.2) is 5.69 Å². The fourth-order valence-electron chi connectivity index (χ4n) is 2.67. The van der Waals surface area contributed by atoms with Crippen molar-refractivity contribution in [2.24, 2.45) is 0 Å². The third-order valence-corrected chi connectivity index (χ3v) is 3.84. The highest BCUT2D eigenvalue weighted by Gasteiger charge is 2.21. The number of nitrogens with zero attached hydrogens (tertiary/aromatic N) is 1. The van der Waals surface area contributed by atoms with Gasteiger partial charge in [-0.25, -0.2) is 4.79 Å². The van der Waals surface area contributed by atoms with Gasteiger partial charge in [0.25, 0.3) is 5.91 Å². The third-order valence-electron chi connectivity index (χ3n) is 3.84. The Kier molecular flexibility index (Phi) is 4.99. The smallest absolute Gasteiger partial charge is 0.319 e. The molecule has 2 aromatic rings. The van der Waals surface area contributed by atoms with Crippen molar-refractivity contribution in [1.82, 2.24) is 20.8 Å². The standard InChI is InChI=1S/C17H22N6O2/c1-10(2)19-17(25)21-12-5-3-11(4-6-12)20-16(24)15-13-9-18-8-7-14(13)22-23-15/h3-6,10,18H,7-9H2,1-2H3,(H,20,24)(H,22,23)(H2,19,21,25). The van der Waals surface area contributed by atoms with Crippen LogP contribution in [0.3, 0.4) is 0 Å². The number of carbonyl (C=O) groups excluding carboxylic acids is 2. The Morgan fingerprint density at radius 3 is 2.48 bits per heavy atom. The van der Waals surface area contributed by atoms with Crippen LogP contribution in [0.15, 0.2) is 24.3 Å². The van der Waals surface area contributed by atoms with Crippen molar-refractivity contribution in [2.45, 2.75) is 32.9 Å². The number of benzene rings is 1. The number of rotatable bonds is 4. The van der Waals surface area contributed by atoms with E-state index in [1.807, 2.05) is 13.8 Å². The normalized spacial score (nSPS) is 13.2. The molecule has 1 aliphatic rings. The van der Waals surface area contributed by atoms with Crippen molar-refractivity contribution in [3.05, 3.63) is 41.2 Å². The average Bonchev–Trinajstić information content (AvgIpc) is 3.00. The fourth-order valence-corrected chi connectivity index (χ4v) is 2.67. The summed E-state index contributed by atoms with van der Waals surface area (Å²) in [5.74, 6) is -0.250. The van der Waals surface area contributed by atoms with Crippen LogP contribution in [0.2, 0.25) is 0 Å². The summed E-state index contributed by atoms with van der Waals surface area (Å²) in [4.78, 5) is 24.1. The number of H-pyrrole nitrogens is 1. The molecule has 5 N–H and O–H groups in total. The van der Waals surface area contributed by atoms with Gasteiger partial charge in [-0.2, -0.15) is 5.10 Å². The number of nitrogens with one attached hydrogen (secondary N) is 5. The summed E-state index contributed by atoms with van der Waals surface area (Å²) in [5.41, 5.74) is 3.64. The van der Waals surface area contributed by atoms with Crippen LogP contribution < -0.4 is 21.3 Å². The first kappa shape index (κ1) is 17.0. The number of aromatic nitrogens is 2. The molecule has 3 amide bonds. The van der Waals surface area contributed by atoms with Crippen molar-refractivity contribution < 1.29 is 9.59 Å². The van der Waals surface area contributed by atoms with Crippen LogP contribution >= 0.6 is 0 Å². The zero-order chi connectivity index (χ0) is 17.8. The van der Waals surface area contributed by atoms with Crippen LogP contribution in [0.1, 0.15) is 35.6 Å². The average molecular weight is 342 g/mol. The predicted octanol–water partition coefficient (Wildman–Crippen LogP) is 1.84. The fraction of sp³-hybridized carbons (Fsp3) is 0.353. The lowest BCUT2D eigenvalue weighted by Crippen LogP contribution is -2.34. The topological polar surface area (TPSA) is 111 Å². The Morgan fingerprint density at radius 1 is 1.12 bits per heavy atom. The summed E-state index contributed by atoms with van der Waals surface area (Å²) in [6.07, 6.45) is 0.842. The molecule has 0 saturated heterocycles. The van der Waals surface area contributed by atoms with Crippen molar-refractivity contribution in [3.8, 4) is 0 Å². The molecule has 1 aromatic carbocycles. The van der Waals surface area contributed by atoms with Crippen molar-refractivity contribution in [1.29, 1.82) is 0 Å². The molecule has 25 heavy (non-hydrogen) atoms. The number of aromatic amines is 1. The zero-order valence-corrected chi connectivity index (χ0v) is 14.3. The molecule has 0 atom stereocenters. The van der Waals surface area contributed by atoms with Gasteiger partial charge >= 0.3 is 6.03 Å². The number of amides is 3. The summed E-state index contributed by atoms with van der Waals surface area (Å²) in [6, 6.07) is 6.74. The van der Waals surface area contributed by atoms with Crippen LogP contribution in [0.4, 0.5) is 16.2 Å². The molecule has 0 bridgehead atoms. The molecular formula is C17H22N6O2. The molecule has 0 spiro atoms. The second-order valence-electron chi connectivity index (χ2n) is 6.24. The Labute approximate surface area is 145 Å². The Hall–Kier alpha value is -2.87. The zero-order valence-electron chi connectivity index (χ0n) is 14.3. The Balaban J connectivity index is 1.62. The van der Waals surface area contributed by atoms with E-state index in [1.165, 1.54) is 0 Å². The molecule has 1 aromatic heterocycles. The second kappa shape index (κ2) is 7.35. The molecular weight excluding hydrogens is 320 g/mol. The molecule has 0 radical (unpaired) electrons. The maximum Gasteiger partial charge on any atom is 0.319 e. The van der Waals surface area contributed by atoms with Crippen molar-refractivity contribution in [3.63, 3.8) is 0 Å². The van der Waals surface area contributed by atoms with Gasteiger partial charge in [-0.1, -0.05) is 0 Å². The lowest BCUT2D eigenvalue weighted by atomic mass is 10.1. The van der Waals surface area contributed by atoms with Gasteiger partial charge in [0, 0.05) is 48.2 Å². The lowest BCUT2D eigenvalue weighted by Gasteiger charge is -2.13. The summed E-state index contributed by atoms with van der Waals surface area (Å²) >= 11 is 0. The third kappa shape index (κ3) is 4.16. The van der Waals surface area contributed by atoms with Crippen LogP contribution in [-0.4, -0.2) is 34.7 Å². The molecule has 3 rings (SSSR count). The summed E-state index contributed by atoms with van der Waals surface area (Å²) in [6.45, 7) is 5.31. The highest BCUT2D eigenvalue weighted by molar-refractivity contribution is 6.04. The molecule has 0 aliphatic carbocycles. The van der Waals surface area contributed by atoms with Gasteiger partial charge in [-0.15, -0.1) is 0 Å². The number of carbonyl (C=O) groups is 2. The van der Waals surface area contributed by atoms with E-state index in [9.17, 15) is 9.59 Å². The first-order valence-electron chi connectivity index (χ1n) is 8.28. The largest absolute Gasteiger partial charge is 0.336 e. The molecule has 0 saturated carbocycles. The highest BCUT2D eigenvalue weighted by Crippen LogP contribution is 2.18. The highest BCUT2D eigenvalue weighted by atomic mass is 16.2. The van der Waals surface area contributed by atoms with Gasteiger partial charge in [0.1, 0.15) is 0 Å². The van der Waals surface area contributed by atoms with E-state index in [0.717, 1.165) is 24.2 Å². The van der Waals surface area contributed by atoms with E-state index in [1.54, 1.807) is 24.3 Å². The van der Waals surface area contributed by atoms with E-state index in [2.05, 4.69) is 31.5 Å². The molecule has 0 unspecified atom stereocenters. The number of urea groups is 1. The first-order valence-corrected chi connectivity index (χ1v) is 8.28. The quantitative estimate of drug-likeness (QED) is 0.584. The van der Waals surface area contributed by atoms with Gasteiger partial charge < -0.3 is 21.3 Å². The molecule has 132 valence electrons. The number of anilines is 2. The summed E-state index contributed by atoms with van der Waals surface area (Å²) in [5, 5.41) is 18.6. The minimum Gasteiger partial charge on any atom is -0.336 e. The predicted molar refractivity (Wildman–Crippen MR) is 95.7 cm³/mol. The van der Waals surface area contributed by atoms with Crippen molar-refractivity contribution in [2.75, 3.05) is 17.2 Å². The Bertz CT molecular complexity index is 766. The number of hydrogen-bond donors (Lipinski definition) is 5. The van der Waals surface area contributed by atoms with E-state index >= 15 is 0 Å². The minimum atomic E-state index is -0.262. The summed E-state index contributed by atoms with van der Waals surface area (Å²) < 4.78 is 0. The first-order chi connectivity index (χ1) is 12.0. The van der Waals surface area contributed by atoms with Gasteiger partial charge in [0.2, 0.25) is 0 Å². The van der Waals surface area contributed by atoms with E-state index in [4.69, 9.17) is 0 Å². The monoisotopic (exact) mass is 342 g/mol. The van der Waals surface area contributed by atoms with Crippen LogP contribution in [-0.2, 0) is 13.0 Å². The van der Waals surface area contributed by atoms with E-state index < -0.39 is 0 Å². The maximum absolute atomic E-state index is 12.4. The second-order valence-corrected chi connectivity index (χ2v) is 6.24. The van der Waals surface area contributed by atoms with Crippen LogP contribution in [0, 0.1) is 0 Å².